The topological polar surface area (TPSA) is 28.2 Å². The van der Waals surface area contributed by atoms with E-state index in [1.54, 1.807) is 0 Å². The van der Waals surface area contributed by atoms with Crippen LogP contribution in [-0.2, 0) is 0 Å². The first-order valence-electron chi connectivity index (χ1n) is 7.17. The highest BCUT2D eigenvalue weighted by Gasteiger charge is 2.27. The molecule has 0 spiro atoms. The van der Waals surface area contributed by atoms with Crippen LogP contribution in [0.4, 0.5) is 0 Å². The minimum absolute atomic E-state index is 0.540. The third kappa shape index (κ3) is 2.33. The van der Waals surface area contributed by atoms with E-state index in [2.05, 4.69) is 24.1 Å². The number of aromatic nitrogens is 1. The van der Waals surface area contributed by atoms with Crippen LogP contribution in [0.1, 0.15) is 53.7 Å². The van der Waals surface area contributed by atoms with Gasteiger partial charge in [-0.15, -0.1) is 11.3 Å². The molecule has 2 fully saturated rings. The van der Waals surface area contributed by atoms with Gasteiger partial charge in [0, 0.05) is 43.0 Å². The van der Waals surface area contributed by atoms with Crippen molar-refractivity contribution < 1.29 is 0 Å². The molecular formula is C14H23N3S. The van der Waals surface area contributed by atoms with Gasteiger partial charge >= 0.3 is 0 Å². The average Bonchev–Trinajstić information content (AvgIpc) is 2.69. The van der Waals surface area contributed by atoms with E-state index in [0.29, 0.717) is 6.04 Å². The van der Waals surface area contributed by atoms with E-state index >= 15 is 0 Å². The van der Waals surface area contributed by atoms with Crippen LogP contribution in [0, 0.1) is 6.92 Å². The summed E-state index contributed by atoms with van der Waals surface area (Å²) in [6.07, 6.45) is 4.11. The van der Waals surface area contributed by atoms with Gasteiger partial charge in [0.1, 0.15) is 0 Å². The van der Waals surface area contributed by atoms with Gasteiger partial charge in [0.2, 0.25) is 0 Å². The molecule has 3 nitrogen and oxygen atoms in total. The van der Waals surface area contributed by atoms with E-state index in [1.807, 2.05) is 11.3 Å². The Morgan fingerprint density at radius 3 is 2.67 bits per heavy atom. The van der Waals surface area contributed by atoms with E-state index in [4.69, 9.17) is 4.98 Å². The van der Waals surface area contributed by atoms with Crippen molar-refractivity contribution in [1.82, 2.24) is 15.2 Å². The Morgan fingerprint density at radius 2 is 2.06 bits per heavy atom. The summed E-state index contributed by atoms with van der Waals surface area (Å²) >= 11 is 1.97. The summed E-state index contributed by atoms with van der Waals surface area (Å²) < 4.78 is 0. The summed E-state index contributed by atoms with van der Waals surface area (Å²) in [5.41, 5.74) is 1.27. The van der Waals surface area contributed by atoms with Gasteiger partial charge in [0.05, 0.1) is 10.7 Å². The number of nitrogens with one attached hydrogen (secondary N) is 1. The predicted octanol–water partition coefficient (Wildman–Crippen LogP) is 2.69. The number of piperazine rings is 1. The van der Waals surface area contributed by atoms with Crippen molar-refractivity contribution in [2.24, 2.45) is 0 Å². The second-order valence-corrected chi connectivity index (χ2v) is 6.65. The molecule has 1 aromatic rings. The number of hydrogen-bond acceptors (Lipinski definition) is 4. The maximum absolute atomic E-state index is 4.82. The van der Waals surface area contributed by atoms with Crippen molar-refractivity contribution in [2.75, 3.05) is 26.2 Å². The zero-order valence-electron chi connectivity index (χ0n) is 11.4. The Kier molecular flexibility index (Phi) is 3.68. The molecule has 1 aliphatic heterocycles. The molecule has 0 amide bonds. The van der Waals surface area contributed by atoms with E-state index in [-0.39, 0.29) is 0 Å². The molecule has 18 heavy (non-hydrogen) atoms. The summed E-state index contributed by atoms with van der Waals surface area (Å²) in [5.74, 6) is 0.776. The normalized spacial score (nSPS) is 23.9. The van der Waals surface area contributed by atoms with Gasteiger partial charge in [0.25, 0.3) is 0 Å². The lowest BCUT2D eigenvalue weighted by Gasteiger charge is -2.32. The van der Waals surface area contributed by atoms with Crippen LogP contribution in [0.25, 0.3) is 0 Å². The summed E-state index contributed by atoms with van der Waals surface area (Å²) in [7, 11) is 0. The molecular weight excluding hydrogens is 242 g/mol. The van der Waals surface area contributed by atoms with Gasteiger partial charge in [-0.2, -0.15) is 0 Å². The molecule has 1 aliphatic carbocycles. The van der Waals surface area contributed by atoms with Crippen molar-refractivity contribution >= 4 is 11.3 Å². The summed E-state index contributed by atoms with van der Waals surface area (Å²) in [5, 5.41) is 4.82. The fraction of sp³-hybridized carbons (Fsp3) is 0.786. The van der Waals surface area contributed by atoms with Crippen LogP contribution in [0.15, 0.2) is 0 Å². The molecule has 4 heteroatoms. The third-order valence-electron chi connectivity index (χ3n) is 4.38. The smallest absolute Gasteiger partial charge is 0.0962 e. The van der Waals surface area contributed by atoms with E-state index in [0.717, 1.165) is 32.1 Å². The Morgan fingerprint density at radius 1 is 1.33 bits per heavy atom. The first kappa shape index (κ1) is 12.6. The lowest BCUT2D eigenvalue weighted by atomic mass is 9.86. The van der Waals surface area contributed by atoms with Crippen molar-refractivity contribution in [3.05, 3.63) is 15.6 Å². The molecule has 1 atom stereocenters. The average molecular weight is 265 g/mol. The van der Waals surface area contributed by atoms with Gasteiger partial charge in [-0.05, 0) is 26.7 Å². The maximum Gasteiger partial charge on any atom is 0.0962 e. The monoisotopic (exact) mass is 265 g/mol. The van der Waals surface area contributed by atoms with Crippen LogP contribution in [0.2, 0.25) is 0 Å². The number of thiazole rings is 1. The SMILES string of the molecule is Cc1nc(C2CCC2)sc1C(C)N1CCNCC1. The Bertz CT molecular complexity index is 405. The minimum Gasteiger partial charge on any atom is -0.314 e. The molecule has 0 bridgehead atoms. The molecule has 1 N–H and O–H groups in total. The summed E-state index contributed by atoms with van der Waals surface area (Å²) in [6, 6.07) is 0.540. The first-order chi connectivity index (χ1) is 8.75. The van der Waals surface area contributed by atoms with Crippen molar-refractivity contribution in [1.29, 1.82) is 0 Å². The number of aryl methyl sites for hydroxylation is 1. The molecule has 2 heterocycles. The number of hydrogen-bond donors (Lipinski definition) is 1. The highest BCUT2D eigenvalue weighted by Crippen LogP contribution is 2.41. The van der Waals surface area contributed by atoms with Gasteiger partial charge in [-0.25, -0.2) is 4.98 Å². The largest absolute Gasteiger partial charge is 0.314 e. The van der Waals surface area contributed by atoms with Crippen molar-refractivity contribution in [3.8, 4) is 0 Å². The van der Waals surface area contributed by atoms with Gasteiger partial charge in [0.15, 0.2) is 0 Å². The second kappa shape index (κ2) is 5.27. The molecule has 1 aromatic heterocycles. The lowest BCUT2D eigenvalue weighted by Crippen LogP contribution is -2.44. The lowest BCUT2D eigenvalue weighted by molar-refractivity contribution is 0.187. The van der Waals surface area contributed by atoms with Crippen molar-refractivity contribution in [2.45, 2.75) is 45.1 Å². The fourth-order valence-corrected chi connectivity index (χ4v) is 4.21. The van der Waals surface area contributed by atoms with Gasteiger partial charge < -0.3 is 5.32 Å². The molecule has 3 rings (SSSR count). The standard InChI is InChI=1S/C14H23N3S/c1-10-13(11(2)17-8-6-15-7-9-17)18-14(16-10)12-4-3-5-12/h11-12,15H,3-9H2,1-2H3. The van der Waals surface area contributed by atoms with E-state index in [1.165, 1.54) is 34.8 Å². The molecule has 0 aromatic carbocycles. The molecule has 1 saturated heterocycles. The predicted molar refractivity (Wildman–Crippen MR) is 76.3 cm³/mol. The first-order valence-corrected chi connectivity index (χ1v) is 7.99. The third-order valence-corrected chi connectivity index (χ3v) is 5.87. The molecule has 1 unspecified atom stereocenters. The molecule has 100 valence electrons. The number of nitrogens with zero attached hydrogens (tertiary/aromatic N) is 2. The minimum atomic E-state index is 0.540. The zero-order chi connectivity index (χ0) is 12.5. The fourth-order valence-electron chi connectivity index (χ4n) is 2.88. The van der Waals surface area contributed by atoms with Crippen LogP contribution in [-0.4, -0.2) is 36.1 Å². The van der Waals surface area contributed by atoms with Gasteiger partial charge in [-0.1, -0.05) is 6.42 Å². The zero-order valence-corrected chi connectivity index (χ0v) is 12.2. The maximum atomic E-state index is 4.82. The van der Waals surface area contributed by atoms with Crippen LogP contribution in [0.5, 0.6) is 0 Å². The Labute approximate surface area is 114 Å². The van der Waals surface area contributed by atoms with Crippen LogP contribution < -0.4 is 5.32 Å². The molecule has 1 saturated carbocycles. The summed E-state index contributed by atoms with van der Waals surface area (Å²) in [4.78, 5) is 8.91. The van der Waals surface area contributed by atoms with Crippen LogP contribution >= 0.6 is 11.3 Å². The van der Waals surface area contributed by atoms with Gasteiger partial charge in [-0.3, -0.25) is 4.90 Å². The highest BCUT2D eigenvalue weighted by atomic mass is 32.1. The van der Waals surface area contributed by atoms with E-state index in [9.17, 15) is 0 Å². The summed E-state index contributed by atoms with van der Waals surface area (Å²) in [6.45, 7) is 9.10. The van der Waals surface area contributed by atoms with E-state index < -0.39 is 0 Å². The highest BCUT2D eigenvalue weighted by molar-refractivity contribution is 7.11. The Balaban J connectivity index is 1.75. The quantitative estimate of drug-likeness (QED) is 0.911. The number of rotatable bonds is 3. The second-order valence-electron chi connectivity index (χ2n) is 5.59. The van der Waals surface area contributed by atoms with Crippen LogP contribution in [0.3, 0.4) is 0 Å². The Hall–Kier alpha value is -0.450. The van der Waals surface area contributed by atoms with Crippen molar-refractivity contribution in [3.63, 3.8) is 0 Å². The molecule has 0 radical (unpaired) electrons. The molecule has 2 aliphatic rings.